The van der Waals surface area contributed by atoms with Gasteiger partial charge in [0.1, 0.15) is 11.3 Å². The van der Waals surface area contributed by atoms with E-state index >= 15 is 0 Å². The number of aromatic nitrogens is 2. The van der Waals surface area contributed by atoms with Gasteiger partial charge in [-0.2, -0.15) is 0 Å². The van der Waals surface area contributed by atoms with E-state index in [0.717, 1.165) is 16.8 Å². The Bertz CT molecular complexity index is 1240. The van der Waals surface area contributed by atoms with Crippen molar-refractivity contribution in [3.05, 3.63) is 82.5 Å². The monoisotopic (exact) mass is 377 g/mol. The fourth-order valence-electron chi connectivity index (χ4n) is 3.47. The molecule has 142 valence electrons. The average Bonchev–Trinajstić information content (AvgIpc) is 3.16. The fourth-order valence-corrected chi connectivity index (χ4v) is 3.47. The molecule has 5 nitrogen and oxygen atoms in total. The molecule has 0 aliphatic heterocycles. The number of halogens is 1. The van der Waals surface area contributed by atoms with Crippen molar-refractivity contribution < 1.29 is 9.18 Å². The van der Waals surface area contributed by atoms with Gasteiger partial charge >= 0.3 is 0 Å². The Hall–Kier alpha value is -3.41. The topological polar surface area (TPSA) is 55.5 Å². The van der Waals surface area contributed by atoms with Gasteiger partial charge in [-0.1, -0.05) is 18.2 Å². The number of amides is 1. The molecule has 0 spiro atoms. The van der Waals surface area contributed by atoms with E-state index in [-0.39, 0.29) is 17.9 Å². The number of hydrogen-bond donors (Lipinski definition) is 1. The van der Waals surface area contributed by atoms with E-state index in [2.05, 4.69) is 5.32 Å². The molecule has 4 rings (SSSR count). The number of hydrogen-bond acceptors (Lipinski definition) is 2. The van der Waals surface area contributed by atoms with E-state index in [1.807, 2.05) is 31.2 Å². The number of fused-ring (bicyclic) bond motifs is 3. The molecule has 4 aromatic rings. The zero-order chi connectivity index (χ0) is 19.7. The van der Waals surface area contributed by atoms with Crippen LogP contribution in [0.1, 0.15) is 18.4 Å². The molecule has 2 heterocycles. The van der Waals surface area contributed by atoms with Gasteiger partial charge in [-0.15, -0.1) is 0 Å². The lowest BCUT2D eigenvalue weighted by atomic mass is 10.2. The predicted molar refractivity (Wildman–Crippen MR) is 108 cm³/mol. The molecule has 0 fully saturated rings. The van der Waals surface area contributed by atoms with Crippen LogP contribution >= 0.6 is 0 Å². The first-order valence-corrected chi connectivity index (χ1v) is 9.19. The molecular weight excluding hydrogens is 357 g/mol. The molecule has 6 heteroatoms. The number of carbonyl (C=O) groups is 1. The Kier molecular flexibility index (Phi) is 4.69. The van der Waals surface area contributed by atoms with Gasteiger partial charge in [0.15, 0.2) is 0 Å². The maximum Gasteiger partial charge on any atom is 0.275 e. The number of carbonyl (C=O) groups excluding carboxylic acids is 1. The third kappa shape index (κ3) is 3.29. The summed E-state index contributed by atoms with van der Waals surface area (Å²) in [5, 5.41) is 2.89. The first kappa shape index (κ1) is 18.0. The Morgan fingerprint density at radius 1 is 1.04 bits per heavy atom. The summed E-state index contributed by atoms with van der Waals surface area (Å²) in [5.74, 6) is -0.508. The third-order valence-corrected chi connectivity index (χ3v) is 4.91. The molecule has 2 aromatic heterocycles. The molecule has 0 unspecified atom stereocenters. The van der Waals surface area contributed by atoms with Crippen LogP contribution in [-0.2, 0) is 11.3 Å². The predicted octanol–water partition coefficient (Wildman–Crippen LogP) is 4.12. The summed E-state index contributed by atoms with van der Waals surface area (Å²) in [6.07, 6.45) is 2.53. The number of nitrogens with zero attached hydrogens (tertiary/aromatic N) is 2. The molecule has 1 N–H and O–H groups in total. The molecule has 1 amide bonds. The molecule has 0 radical (unpaired) electrons. The van der Waals surface area contributed by atoms with E-state index < -0.39 is 5.82 Å². The zero-order valence-electron chi connectivity index (χ0n) is 15.5. The number of nitrogens with one attached hydrogen (secondary N) is 1. The van der Waals surface area contributed by atoms with Crippen LogP contribution in [0.15, 0.2) is 65.6 Å². The summed E-state index contributed by atoms with van der Waals surface area (Å²) in [6, 6.07) is 15.5. The van der Waals surface area contributed by atoms with Crippen LogP contribution in [-0.4, -0.2) is 14.9 Å². The molecule has 2 aromatic carbocycles. The highest BCUT2D eigenvalue weighted by atomic mass is 19.1. The van der Waals surface area contributed by atoms with E-state index in [4.69, 9.17) is 0 Å². The lowest BCUT2D eigenvalue weighted by molar-refractivity contribution is -0.116. The van der Waals surface area contributed by atoms with Crippen LogP contribution in [0.2, 0.25) is 0 Å². The highest BCUT2D eigenvalue weighted by Crippen LogP contribution is 2.18. The van der Waals surface area contributed by atoms with E-state index in [9.17, 15) is 14.0 Å². The van der Waals surface area contributed by atoms with Gasteiger partial charge in [0.25, 0.3) is 5.56 Å². The maximum absolute atomic E-state index is 13.8. The Morgan fingerprint density at radius 3 is 2.68 bits per heavy atom. The van der Waals surface area contributed by atoms with E-state index in [0.29, 0.717) is 24.0 Å². The van der Waals surface area contributed by atoms with Crippen molar-refractivity contribution in [2.75, 3.05) is 5.32 Å². The van der Waals surface area contributed by atoms with Crippen molar-refractivity contribution in [1.82, 2.24) is 8.97 Å². The Morgan fingerprint density at radius 2 is 1.86 bits per heavy atom. The van der Waals surface area contributed by atoms with Gasteiger partial charge in [-0.05, 0) is 55.3 Å². The van der Waals surface area contributed by atoms with Crippen molar-refractivity contribution >= 4 is 28.1 Å². The van der Waals surface area contributed by atoms with Crippen molar-refractivity contribution in [2.45, 2.75) is 26.3 Å². The zero-order valence-corrected chi connectivity index (χ0v) is 15.5. The van der Waals surface area contributed by atoms with Gasteiger partial charge in [-0.25, -0.2) is 4.39 Å². The third-order valence-electron chi connectivity index (χ3n) is 4.91. The largest absolute Gasteiger partial charge is 0.326 e. The van der Waals surface area contributed by atoms with Gasteiger partial charge < -0.3 is 14.3 Å². The van der Waals surface area contributed by atoms with Gasteiger partial charge in [-0.3, -0.25) is 9.59 Å². The van der Waals surface area contributed by atoms with E-state index in [1.165, 1.54) is 12.1 Å². The van der Waals surface area contributed by atoms with Crippen LogP contribution in [0.4, 0.5) is 10.1 Å². The molecular formula is C22H20FN3O2. The van der Waals surface area contributed by atoms with Crippen LogP contribution < -0.4 is 10.9 Å². The van der Waals surface area contributed by atoms with E-state index in [1.54, 1.807) is 33.4 Å². The summed E-state index contributed by atoms with van der Waals surface area (Å²) in [4.78, 5) is 25.1. The summed E-state index contributed by atoms with van der Waals surface area (Å²) in [7, 11) is 0. The van der Waals surface area contributed by atoms with Gasteiger partial charge in [0.05, 0.1) is 11.0 Å². The highest BCUT2D eigenvalue weighted by Gasteiger charge is 2.12. The van der Waals surface area contributed by atoms with Crippen molar-refractivity contribution in [3.63, 3.8) is 0 Å². The second kappa shape index (κ2) is 7.31. The van der Waals surface area contributed by atoms with Crippen LogP contribution in [0.5, 0.6) is 0 Å². The minimum atomic E-state index is -0.399. The van der Waals surface area contributed by atoms with Crippen LogP contribution in [0, 0.1) is 12.7 Å². The minimum absolute atomic E-state index is 0.110. The lowest BCUT2D eigenvalue weighted by Gasteiger charge is -2.13. The second-order valence-electron chi connectivity index (χ2n) is 6.82. The Balaban J connectivity index is 1.57. The average molecular weight is 377 g/mol. The molecule has 0 aliphatic rings. The Labute approximate surface area is 161 Å². The SMILES string of the molecule is Cc1ccccc1NC(=O)CCCn1c(=O)c2cccn2c2ccc(F)cc21. The number of benzene rings is 2. The molecule has 28 heavy (non-hydrogen) atoms. The summed E-state index contributed by atoms with van der Waals surface area (Å²) in [5.41, 5.74) is 3.39. The minimum Gasteiger partial charge on any atom is -0.326 e. The smallest absolute Gasteiger partial charge is 0.275 e. The second-order valence-corrected chi connectivity index (χ2v) is 6.82. The quantitative estimate of drug-likeness (QED) is 0.569. The first-order valence-electron chi connectivity index (χ1n) is 9.19. The lowest BCUT2D eigenvalue weighted by Crippen LogP contribution is -2.23. The highest BCUT2D eigenvalue weighted by molar-refractivity contribution is 5.91. The number of para-hydroxylation sites is 1. The molecule has 0 aliphatic carbocycles. The summed E-state index contributed by atoms with van der Waals surface area (Å²) in [6.45, 7) is 2.27. The van der Waals surface area contributed by atoms with Crippen LogP contribution in [0.25, 0.3) is 16.6 Å². The fraction of sp³-hybridized carbons (Fsp3) is 0.182. The van der Waals surface area contributed by atoms with Crippen molar-refractivity contribution in [1.29, 1.82) is 0 Å². The van der Waals surface area contributed by atoms with Gasteiger partial charge in [0.2, 0.25) is 5.91 Å². The van der Waals surface area contributed by atoms with Crippen LogP contribution in [0.3, 0.4) is 0 Å². The number of aryl methyl sites for hydroxylation is 2. The first-order chi connectivity index (χ1) is 13.5. The molecule has 0 saturated carbocycles. The van der Waals surface area contributed by atoms with Crippen molar-refractivity contribution in [3.8, 4) is 0 Å². The van der Waals surface area contributed by atoms with Crippen molar-refractivity contribution in [2.24, 2.45) is 0 Å². The molecule has 0 atom stereocenters. The molecule has 0 bridgehead atoms. The summed E-state index contributed by atoms with van der Waals surface area (Å²) < 4.78 is 17.1. The summed E-state index contributed by atoms with van der Waals surface area (Å²) >= 11 is 0. The number of rotatable bonds is 5. The van der Waals surface area contributed by atoms with Gasteiger partial charge in [0, 0.05) is 24.8 Å². The number of anilines is 1. The molecule has 0 saturated heterocycles. The maximum atomic E-state index is 13.8. The standard InChI is InChI=1S/C22H20FN3O2/c1-15-6-2-3-7-17(15)24-21(27)9-5-13-26-20-14-16(23)10-11-18(20)25-12-4-8-19(25)22(26)28/h2-4,6-8,10-12,14H,5,9,13H2,1H3,(H,24,27). The normalized spacial score (nSPS) is 11.2.